The first-order valence-corrected chi connectivity index (χ1v) is 8.49. The fraction of sp³-hybridized carbons (Fsp3) is 0.211. The zero-order valence-electron chi connectivity index (χ0n) is 15.0. The quantitative estimate of drug-likeness (QED) is 0.525. The predicted molar refractivity (Wildman–Crippen MR) is 97.3 cm³/mol. The van der Waals surface area contributed by atoms with Crippen LogP contribution in [0.25, 0.3) is 11.0 Å². The summed E-state index contributed by atoms with van der Waals surface area (Å²) in [4.78, 5) is 27.9. The maximum absolute atomic E-state index is 13.4. The third-order valence-corrected chi connectivity index (χ3v) is 4.06. The minimum Gasteiger partial charge on any atom is -0.487 e. The minimum atomic E-state index is -3.08. The van der Waals surface area contributed by atoms with Gasteiger partial charge in [-0.1, -0.05) is 6.07 Å². The van der Waals surface area contributed by atoms with Crippen LogP contribution in [-0.2, 0) is 11.4 Å². The van der Waals surface area contributed by atoms with Crippen molar-refractivity contribution in [1.82, 2.24) is 10.3 Å². The number of hydrogen-bond donors (Lipinski definition) is 3. The number of rotatable bonds is 8. The van der Waals surface area contributed by atoms with E-state index in [1.165, 1.54) is 18.2 Å². The number of halogens is 2. The summed E-state index contributed by atoms with van der Waals surface area (Å²) in [6, 6.07) is 8.14. The average molecular weight is 405 g/mol. The molecule has 1 aromatic carbocycles. The van der Waals surface area contributed by atoms with E-state index in [0.29, 0.717) is 11.4 Å². The van der Waals surface area contributed by atoms with Gasteiger partial charge in [-0.15, -0.1) is 0 Å². The number of aliphatic hydroxyl groups excluding tert-OH is 1. The third-order valence-electron chi connectivity index (χ3n) is 4.06. The average Bonchev–Trinajstić information content (AvgIpc) is 3.10. The highest BCUT2D eigenvalue weighted by Crippen LogP contribution is 2.34. The number of nitrogens with two attached hydrogens (primary N) is 1. The highest BCUT2D eigenvalue weighted by Gasteiger charge is 2.29. The molecule has 0 unspecified atom stereocenters. The largest absolute Gasteiger partial charge is 0.487 e. The molecule has 10 heteroatoms. The standard InChI is InChI=1S/C19H17F2N3O5/c20-17(21)16-15(19(27)24-13(8-25)18(22)26)12-7-11(4-5-14(12)29-16)28-9-10-3-1-2-6-23-10/h1-7,13,17,25H,8-9H2,(H2,22,26)(H,24,27)/t13-/m0/s1. The number of amides is 2. The van der Waals surface area contributed by atoms with Crippen LogP contribution in [0.4, 0.5) is 8.78 Å². The Hall–Kier alpha value is -3.53. The molecular formula is C19H17F2N3O5. The van der Waals surface area contributed by atoms with Crippen LogP contribution in [0.5, 0.6) is 5.75 Å². The molecule has 2 heterocycles. The molecule has 1 atom stereocenters. The number of nitrogens with one attached hydrogen (secondary N) is 1. The molecule has 3 aromatic rings. The molecule has 29 heavy (non-hydrogen) atoms. The van der Waals surface area contributed by atoms with Gasteiger partial charge in [-0.25, -0.2) is 8.78 Å². The van der Waals surface area contributed by atoms with Crippen LogP contribution in [0.2, 0.25) is 0 Å². The predicted octanol–water partition coefficient (Wildman–Crippen LogP) is 1.92. The van der Waals surface area contributed by atoms with Crippen molar-refractivity contribution in [2.45, 2.75) is 19.1 Å². The Labute approximate surface area is 163 Å². The number of fused-ring (bicyclic) bond motifs is 1. The van der Waals surface area contributed by atoms with Gasteiger partial charge in [0.1, 0.15) is 24.0 Å². The van der Waals surface area contributed by atoms with E-state index in [1.807, 2.05) is 0 Å². The van der Waals surface area contributed by atoms with E-state index < -0.39 is 42.2 Å². The Bertz CT molecular complexity index is 1020. The fourth-order valence-corrected chi connectivity index (χ4v) is 2.65. The Morgan fingerprint density at radius 3 is 2.69 bits per heavy atom. The number of alkyl halides is 2. The molecule has 152 valence electrons. The molecule has 4 N–H and O–H groups in total. The number of hydrogen-bond acceptors (Lipinski definition) is 6. The summed E-state index contributed by atoms with van der Waals surface area (Å²) in [5.74, 6) is -2.60. The molecule has 3 rings (SSSR count). The Balaban J connectivity index is 1.94. The molecule has 0 bridgehead atoms. The maximum atomic E-state index is 13.4. The minimum absolute atomic E-state index is 0.0373. The van der Waals surface area contributed by atoms with Gasteiger partial charge in [0.05, 0.1) is 17.9 Å². The number of carbonyl (C=O) groups excluding carboxylic acids is 2. The molecule has 0 fully saturated rings. The number of furan rings is 1. The SMILES string of the molecule is NC(=O)[C@H](CO)NC(=O)c1c(C(F)F)oc2ccc(OCc3ccccn3)cc12. The van der Waals surface area contributed by atoms with Crippen LogP contribution in [0.1, 0.15) is 28.2 Å². The Kier molecular flexibility index (Phi) is 6.03. The summed E-state index contributed by atoms with van der Waals surface area (Å²) in [5.41, 5.74) is 5.30. The first-order chi connectivity index (χ1) is 13.9. The molecule has 0 aliphatic rings. The number of carbonyl (C=O) groups is 2. The van der Waals surface area contributed by atoms with Gasteiger partial charge < -0.3 is 25.3 Å². The Morgan fingerprint density at radius 2 is 2.07 bits per heavy atom. The van der Waals surface area contributed by atoms with Gasteiger partial charge in [-0.3, -0.25) is 14.6 Å². The second-order valence-electron chi connectivity index (χ2n) is 6.02. The van der Waals surface area contributed by atoms with Crippen LogP contribution in [0, 0.1) is 0 Å². The fourth-order valence-electron chi connectivity index (χ4n) is 2.65. The van der Waals surface area contributed by atoms with Crippen molar-refractivity contribution in [3.8, 4) is 5.75 Å². The number of nitrogens with zero attached hydrogens (tertiary/aromatic N) is 1. The van der Waals surface area contributed by atoms with Crippen molar-refractivity contribution in [3.05, 3.63) is 59.6 Å². The zero-order chi connectivity index (χ0) is 21.0. The number of pyridine rings is 1. The molecular weight excluding hydrogens is 388 g/mol. The van der Waals surface area contributed by atoms with E-state index in [4.69, 9.17) is 20.0 Å². The highest BCUT2D eigenvalue weighted by molar-refractivity contribution is 6.08. The monoisotopic (exact) mass is 405 g/mol. The molecule has 0 radical (unpaired) electrons. The third kappa shape index (κ3) is 4.49. The highest BCUT2D eigenvalue weighted by atomic mass is 19.3. The smallest absolute Gasteiger partial charge is 0.296 e. The van der Waals surface area contributed by atoms with E-state index in [0.717, 1.165) is 0 Å². The summed E-state index contributed by atoms with van der Waals surface area (Å²) in [6.45, 7) is -0.652. The molecule has 0 spiro atoms. The summed E-state index contributed by atoms with van der Waals surface area (Å²) in [7, 11) is 0. The summed E-state index contributed by atoms with van der Waals surface area (Å²) in [5, 5.41) is 11.3. The number of aromatic nitrogens is 1. The first-order valence-electron chi connectivity index (χ1n) is 8.49. The van der Waals surface area contributed by atoms with E-state index in [-0.39, 0.29) is 17.6 Å². The second kappa shape index (κ2) is 8.65. The topological polar surface area (TPSA) is 128 Å². The molecule has 0 saturated carbocycles. The molecule has 2 amide bonds. The van der Waals surface area contributed by atoms with Crippen molar-refractivity contribution >= 4 is 22.8 Å². The van der Waals surface area contributed by atoms with Crippen LogP contribution in [-0.4, -0.2) is 34.6 Å². The zero-order valence-corrected chi connectivity index (χ0v) is 15.0. The van der Waals surface area contributed by atoms with Gasteiger partial charge in [0.2, 0.25) is 5.91 Å². The lowest BCUT2D eigenvalue weighted by Gasteiger charge is -2.12. The number of primary amides is 1. The Morgan fingerprint density at radius 1 is 1.28 bits per heavy atom. The lowest BCUT2D eigenvalue weighted by atomic mass is 10.1. The molecule has 0 aliphatic heterocycles. The summed E-state index contributed by atoms with van der Waals surface area (Å²) < 4.78 is 37.6. The molecule has 2 aromatic heterocycles. The van der Waals surface area contributed by atoms with Crippen LogP contribution < -0.4 is 15.8 Å². The first kappa shape index (κ1) is 20.2. The van der Waals surface area contributed by atoms with Gasteiger partial charge in [0, 0.05) is 11.6 Å². The van der Waals surface area contributed by atoms with Crippen molar-refractivity contribution in [1.29, 1.82) is 0 Å². The van der Waals surface area contributed by atoms with E-state index in [1.54, 1.807) is 24.4 Å². The lowest BCUT2D eigenvalue weighted by Crippen LogP contribution is -2.46. The summed E-state index contributed by atoms with van der Waals surface area (Å²) in [6.07, 6.45) is -1.48. The number of benzene rings is 1. The van der Waals surface area contributed by atoms with Gasteiger partial charge >= 0.3 is 0 Å². The van der Waals surface area contributed by atoms with Crippen molar-refractivity contribution in [2.75, 3.05) is 6.61 Å². The van der Waals surface area contributed by atoms with Crippen LogP contribution in [0.15, 0.2) is 47.0 Å². The van der Waals surface area contributed by atoms with Gasteiger partial charge in [-0.05, 0) is 30.3 Å². The van der Waals surface area contributed by atoms with Crippen molar-refractivity contribution < 1.29 is 32.6 Å². The molecule has 0 aliphatic carbocycles. The van der Waals surface area contributed by atoms with Gasteiger partial charge in [0.15, 0.2) is 5.76 Å². The van der Waals surface area contributed by atoms with E-state index >= 15 is 0 Å². The number of ether oxygens (including phenoxy) is 1. The number of aliphatic hydroxyl groups is 1. The van der Waals surface area contributed by atoms with Gasteiger partial charge in [-0.2, -0.15) is 0 Å². The maximum Gasteiger partial charge on any atom is 0.296 e. The molecule has 0 saturated heterocycles. The van der Waals surface area contributed by atoms with Crippen LogP contribution in [0.3, 0.4) is 0 Å². The lowest BCUT2D eigenvalue weighted by molar-refractivity contribution is -0.120. The van der Waals surface area contributed by atoms with Crippen molar-refractivity contribution in [3.63, 3.8) is 0 Å². The van der Waals surface area contributed by atoms with Crippen molar-refractivity contribution in [2.24, 2.45) is 5.73 Å². The molecule has 8 nitrogen and oxygen atoms in total. The normalized spacial score (nSPS) is 12.1. The van der Waals surface area contributed by atoms with E-state index in [9.17, 15) is 18.4 Å². The van der Waals surface area contributed by atoms with Crippen LogP contribution >= 0.6 is 0 Å². The van der Waals surface area contributed by atoms with Gasteiger partial charge in [0.25, 0.3) is 12.3 Å². The summed E-state index contributed by atoms with van der Waals surface area (Å²) >= 11 is 0. The second-order valence-corrected chi connectivity index (χ2v) is 6.02. The van der Waals surface area contributed by atoms with E-state index in [2.05, 4.69) is 10.3 Å².